The maximum Gasteiger partial charge on any atom is 0.250 e. The molecule has 5 nitrogen and oxygen atoms in total. The maximum absolute atomic E-state index is 12.5. The second-order valence-corrected chi connectivity index (χ2v) is 9.12. The molecule has 4 aromatic carbocycles. The molecular weight excluding hydrogens is 464 g/mol. The summed E-state index contributed by atoms with van der Waals surface area (Å²) in [4.78, 5) is 17.2. The molecule has 1 aromatic heterocycles. The second-order valence-electron chi connectivity index (χ2n) is 7.75. The van der Waals surface area contributed by atoms with Crippen LogP contribution >= 0.6 is 23.4 Å². The van der Waals surface area contributed by atoms with Crippen LogP contribution in [0, 0.1) is 0 Å². The van der Waals surface area contributed by atoms with Crippen molar-refractivity contribution >= 4 is 57.3 Å². The molecule has 5 rings (SSSR count). The van der Waals surface area contributed by atoms with Gasteiger partial charge in [0.1, 0.15) is 0 Å². The first kappa shape index (κ1) is 22.2. The number of imidazole rings is 1. The summed E-state index contributed by atoms with van der Waals surface area (Å²) in [5.41, 5.74) is 6.62. The maximum atomic E-state index is 12.5. The number of carbonyl (C=O) groups is 1. The predicted molar refractivity (Wildman–Crippen MR) is 141 cm³/mol. The van der Waals surface area contributed by atoms with Crippen molar-refractivity contribution in [3.63, 3.8) is 0 Å². The van der Waals surface area contributed by atoms with Gasteiger partial charge in [0.2, 0.25) is 0 Å². The van der Waals surface area contributed by atoms with Gasteiger partial charge in [-0.15, -0.1) is 0 Å². The molecular formula is C27H21ClN4OS. The van der Waals surface area contributed by atoms with Crippen LogP contribution in [0.2, 0.25) is 5.02 Å². The van der Waals surface area contributed by atoms with Crippen LogP contribution in [0.25, 0.3) is 21.8 Å². The second kappa shape index (κ2) is 10.1. The van der Waals surface area contributed by atoms with Gasteiger partial charge in [-0.2, -0.15) is 5.10 Å². The lowest BCUT2D eigenvalue weighted by molar-refractivity contribution is -0.118. The molecule has 1 N–H and O–H groups in total. The molecule has 7 heteroatoms. The Morgan fingerprint density at radius 1 is 0.971 bits per heavy atom. The first-order chi connectivity index (χ1) is 16.7. The molecule has 0 aliphatic rings. The summed E-state index contributed by atoms with van der Waals surface area (Å²) in [6.45, 7) is 0.640. The third-order valence-electron chi connectivity index (χ3n) is 5.42. The van der Waals surface area contributed by atoms with E-state index in [1.54, 1.807) is 6.21 Å². The van der Waals surface area contributed by atoms with E-state index in [1.165, 1.54) is 11.8 Å². The van der Waals surface area contributed by atoms with E-state index < -0.39 is 0 Å². The lowest BCUT2D eigenvalue weighted by Gasteiger charge is -2.09. The monoisotopic (exact) mass is 484 g/mol. The summed E-state index contributed by atoms with van der Waals surface area (Å²) in [5, 5.41) is 7.88. The molecule has 0 unspecified atom stereocenters. The molecule has 0 aliphatic carbocycles. The van der Waals surface area contributed by atoms with Gasteiger partial charge >= 0.3 is 0 Å². The van der Waals surface area contributed by atoms with Crippen molar-refractivity contribution in [1.29, 1.82) is 0 Å². The minimum atomic E-state index is -0.188. The normalized spacial score (nSPS) is 11.4. The van der Waals surface area contributed by atoms with Crippen LogP contribution in [0.5, 0.6) is 0 Å². The van der Waals surface area contributed by atoms with E-state index in [4.69, 9.17) is 16.6 Å². The van der Waals surface area contributed by atoms with E-state index in [2.05, 4.69) is 27.2 Å². The number of thioether (sulfide) groups is 1. The number of rotatable bonds is 7. The summed E-state index contributed by atoms with van der Waals surface area (Å²) in [5.74, 6) is 0.0168. The fraction of sp³-hybridized carbons (Fsp3) is 0.0741. The van der Waals surface area contributed by atoms with Crippen LogP contribution in [-0.4, -0.2) is 27.4 Å². The summed E-state index contributed by atoms with van der Waals surface area (Å²) in [6.07, 6.45) is 1.68. The number of carbonyl (C=O) groups excluding carboxylic acids is 1. The largest absolute Gasteiger partial charge is 0.314 e. The topological polar surface area (TPSA) is 59.3 Å². The number of nitrogens with zero attached hydrogens (tertiary/aromatic N) is 3. The molecule has 0 radical (unpaired) electrons. The number of aromatic nitrogens is 2. The summed E-state index contributed by atoms with van der Waals surface area (Å²) < 4.78 is 2.12. The highest BCUT2D eigenvalue weighted by Gasteiger charge is 2.13. The van der Waals surface area contributed by atoms with Crippen molar-refractivity contribution in [2.24, 2.45) is 5.10 Å². The quantitative estimate of drug-likeness (QED) is 0.172. The Morgan fingerprint density at radius 3 is 2.62 bits per heavy atom. The van der Waals surface area contributed by atoms with Crippen molar-refractivity contribution < 1.29 is 4.79 Å². The van der Waals surface area contributed by atoms with Crippen LogP contribution in [0.4, 0.5) is 0 Å². The number of hydrogen-bond donors (Lipinski definition) is 1. The molecule has 34 heavy (non-hydrogen) atoms. The van der Waals surface area contributed by atoms with Crippen LogP contribution in [0.3, 0.4) is 0 Å². The number of hydrogen-bond acceptors (Lipinski definition) is 4. The molecule has 0 fully saturated rings. The van der Waals surface area contributed by atoms with Gasteiger partial charge in [0.25, 0.3) is 5.91 Å². The Kier molecular flexibility index (Phi) is 6.60. The van der Waals surface area contributed by atoms with E-state index in [-0.39, 0.29) is 11.7 Å². The highest BCUT2D eigenvalue weighted by molar-refractivity contribution is 7.99. The van der Waals surface area contributed by atoms with Crippen molar-refractivity contribution in [2.75, 3.05) is 5.75 Å². The van der Waals surface area contributed by atoms with Crippen molar-refractivity contribution in [3.05, 3.63) is 107 Å². The smallest absolute Gasteiger partial charge is 0.250 e. The van der Waals surface area contributed by atoms with Crippen LogP contribution in [0.15, 0.2) is 101 Å². The van der Waals surface area contributed by atoms with Crippen molar-refractivity contribution in [1.82, 2.24) is 15.0 Å². The number of amides is 1. The molecule has 0 aliphatic heterocycles. The third-order valence-corrected chi connectivity index (χ3v) is 6.65. The molecule has 0 saturated heterocycles. The van der Waals surface area contributed by atoms with Crippen molar-refractivity contribution in [3.8, 4) is 0 Å². The van der Waals surface area contributed by atoms with Gasteiger partial charge in [-0.25, -0.2) is 10.4 Å². The zero-order chi connectivity index (χ0) is 23.3. The first-order valence-corrected chi connectivity index (χ1v) is 12.2. The van der Waals surface area contributed by atoms with E-state index in [0.29, 0.717) is 11.6 Å². The van der Waals surface area contributed by atoms with E-state index in [0.717, 1.165) is 38.1 Å². The fourth-order valence-corrected chi connectivity index (χ4v) is 4.72. The van der Waals surface area contributed by atoms with Gasteiger partial charge in [-0.1, -0.05) is 90.1 Å². The van der Waals surface area contributed by atoms with Gasteiger partial charge in [-0.3, -0.25) is 4.79 Å². The average molecular weight is 485 g/mol. The lowest BCUT2D eigenvalue weighted by Crippen LogP contribution is -2.20. The van der Waals surface area contributed by atoms with Gasteiger partial charge in [0, 0.05) is 10.6 Å². The molecule has 0 atom stereocenters. The Labute approximate surface area is 206 Å². The standard InChI is InChI=1S/C27H21ClN4OS/c28-22-14-12-19(13-15-22)17-32-25-11-4-3-10-24(25)30-27(32)34-18-26(33)31-29-16-21-8-5-7-20-6-1-2-9-23(20)21/h1-16H,17-18H2,(H,31,33)/b29-16-. The number of benzene rings is 4. The van der Waals surface area contributed by atoms with Crippen LogP contribution in [0.1, 0.15) is 11.1 Å². The minimum Gasteiger partial charge on any atom is -0.314 e. The number of nitrogens with one attached hydrogen (secondary N) is 1. The Balaban J connectivity index is 1.28. The Morgan fingerprint density at radius 2 is 1.74 bits per heavy atom. The molecule has 168 valence electrons. The summed E-state index contributed by atoms with van der Waals surface area (Å²) >= 11 is 7.43. The number of fused-ring (bicyclic) bond motifs is 2. The highest BCUT2D eigenvalue weighted by atomic mass is 35.5. The zero-order valence-corrected chi connectivity index (χ0v) is 19.8. The van der Waals surface area contributed by atoms with Gasteiger partial charge in [-0.05, 0) is 40.6 Å². The predicted octanol–water partition coefficient (Wildman–Crippen LogP) is 6.13. The minimum absolute atomic E-state index is 0.188. The molecule has 0 bridgehead atoms. The third kappa shape index (κ3) is 4.98. The molecule has 5 aromatic rings. The number of para-hydroxylation sites is 2. The highest BCUT2D eigenvalue weighted by Crippen LogP contribution is 2.25. The summed E-state index contributed by atoms with van der Waals surface area (Å²) in [7, 11) is 0. The molecule has 0 spiro atoms. The lowest BCUT2D eigenvalue weighted by atomic mass is 10.1. The average Bonchev–Trinajstić information content (AvgIpc) is 3.21. The van der Waals surface area contributed by atoms with Gasteiger partial charge in [0.05, 0.1) is 29.5 Å². The van der Waals surface area contributed by atoms with Crippen molar-refractivity contribution in [2.45, 2.75) is 11.7 Å². The number of halogens is 1. The Hall–Kier alpha value is -3.61. The number of hydrazone groups is 1. The Bertz CT molecular complexity index is 1490. The molecule has 1 heterocycles. The van der Waals surface area contributed by atoms with Gasteiger partial charge in [0.15, 0.2) is 5.16 Å². The SMILES string of the molecule is O=C(CSc1nc2ccccc2n1Cc1ccc(Cl)cc1)N/N=C\c1cccc2ccccc12. The van der Waals surface area contributed by atoms with E-state index in [9.17, 15) is 4.79 Å². The van der Waals surface area contributed by atoms with Crippen LogP contribution < -0.4 is 5.43 Å². The molecule has 0 saturated carbocycles. The molecule has 1 amide bonds. The van der Waals surface area contributed by atoms with E-state index >= 15 is 0 Å². The van der Waals surface area contributed by atoms with Gasteiger partial charge < -0.3 is 4.57 Å². The van der Waals surface area contributed by atoms with E-state index in [1.807, 2.05) is 78.9 Å². The fourth-order valence-electron chi connectivity index (χ4n) is 3.79. The summed E-state index contributed by atoms with van der Waals surface area (Å²) in [6, 6.07) is 29.8. The van der Waals surface area contributed by atoms with Crippen LogP contribution in [-0.2, 0) is 11.3 Å². The first-order valence-electron chi connectivity index (χ1n) is 10.8. The zero-order valence-electron chi connectivity index (χ0n) is 18.2.